The highest BCUT2D eigenvalue weighted by molar-refractivity contribution is 6.65. The van der Waals surface area contributed by atoms with Gasteiger partial charge in [-0.05, 0) is 59.7 Å². The van der Waals surface area contributed by atoms with E-state index in [-0.39, 0.29) is 0 Å². The Morgan fingerprint density at radius 1 is 0.610 bits per heavy atom. The number of hydrogen-bond acceptors (Lipinski definition) is 11. The summed E-state index contributed by atoms with van der Waals surface area (Å²) in [5, 5.41) is 11.9. The molecule has 41 heavy (non-hydrogen) atoms. The second kappa shape index (κ2) is 15.1. The third-order valence-corrected chi connectivity index (χ3v) is 5.40. The van der Waals surface area contributed by atoms with Crippen LogP contribution in [0.4, 0.5) is 5.69 Å². The quantitative estimate of drug-likeness (QED) is 0.163. The number of rotatable bonds is 13. The number of nitrogens with one attached hydrogen (secondary N) is 3. The van der Waals surface area contributed by atoms with Gasteiger partial charge in [0.25, 0.3) is 11.8 Å². The second-order valence-electron chi connectivity index (χ2n) is 7.90. The fourth-order valence-corrected chi connectivity index (χ4v) is 3.36. The number of carbonyl (C=O) groups is 2. The Bertz CT molecular complexity index is 1370. The van der Waals surface area contributed by atoms with Crippen molar-refractivity contribution in [2.75, 3.05) is 41.0 Å². The Morgan fingerprint density at radius 2 is 1.07 bits per heavy atom. The van der Waals surface area contributed by atoms with Crippen molar-refractivity contribution in [2.24, 2.45) is 15.3 Å². The molecule has 0 aliphatic rings. The van der Waals surface area contributed by atoms with Gasteiger partial charge in [-0.1, -0.05) is 12.1 Å². The lowest BCUT2D eigenvalue weighted by Gasteiger charge is -2.09. The molecule has 0 aromatic heterocycles. The van der Waals surface area contributed by atoms with E-state index in [4.69, 9.17) is 23.7 Å². The molecule has 13 heteroatoms. The van der Waals surface area contributed by atoms with Gasteiger partial charge >= 0.3 is 0 Å². The summed E-state index contributed by atoms with van der Waals surface area (Å²) in [5.74, 6) is 0.697. The van der Waals surface area contributed by atoms with E-state index in [9.17, 15) is 9.59 Å². The van der Waals surface area contributed by atoms with Crippen molar-refractivity contribution in [1.29, 1.82) is 0 Å². The first-order chi connectivity index (χ1) is 19.9. The Balaban J connectivity index is 1.79. The standard InChI is InChI=1S/C28H30N6O7/c1-37-21-9-7-6-8-20(21)31-32-26(27(35)33-29-16-18-10-12-22(38-2)24(14-18)40-4)28(36)34-30-17-19-11-13-23(39-3)25(15-19)41-5/h6-17,31H,1-5H3,(H,33,35)(H,34,36)/b29-16+,30-17+. The molecule has 0 atom stereocenters. The van der Waals surface area contributed by atoms with Gasteiger partial charge in [-0.3, -0.25) is 15.0 Å². The lowest BCUT2D eigenvalue weighted by Crippen LogP contribution is -2.39. The normalized spacial score (nSPS) is 10.6. The molecule has 13 nitrogen and oxygen atoms in total. The molecule has 0 fully saturated rings. The van der Waals surface area contributed by atoms with E-state index >= 15 is 0 Å². The molecule has 3 aromatic carbocycles. The molecular weight excluding hydrogens is 532 g/mol. The van der Waals surface area contributed by atoms with E-state index in [0.717, 1.165) is 0 Å². The van der Waals surface area contributed by atoms with E-state index in [2.05, 4.69) is 31.6 Å². The Morgan fingerprint density at radius 3 is 1.54 bits per heavy atom. The van der Waals surface area contributed by atoms with Gasteiger partial charge in [0.15, 0.2) is 23.0 Å². The first-order valence-electron chi connectivity index (χ1n) is 12.0. The number of methoxy groups -OCH3 is 5. The number of hydrazone groups is 3. The van der Waals surface area contributed by atoms with E-state index in [1.54, 1.807) is 60.7 Å². The minimum atomic E-state index is -0.900. The summed E-state index contributed by atoms with van der Waals surface area (Å²) >= 11 is 0. The third kappa shape index (κ3) is 8.20. The molecule has 0 unspecified atom stereocenters. The van der Waals surface area contributed by atoms with Crippen molar-refractivity contribution >= 4 is 35.6 Å². The summed E-state index contributed by atoms with van der Waals surface area (Å²) in [7, 11) is 7.54. The molecule has 3 N–H and O–H groups in total. The van der Waals surface area contributed by atoms with Crippen molar-refractivity contribution in [2.45, 2.75) is 0 Å². The topological polar surface area (TPSA) is 153 Å². The van der Waals surface area contributed by atoms with Crippen LogP contribution in [0.25, 0.3) is 0 Å². The summed E-state index contributed by atoms with van der Waals surface area (Å²) in [6.45, 7) is 0. The zero-order chi connectivity index (χ0) is 29.6. The second-order valence-corrected chi connectivity index (χ2v) is 7.90. The van der Waals surface area contributed by atoms with Crippen LogP contribution in [0.5, 0.6) is 28.7 Å². The largest absolute Gasteiger partial charge is 0.495 e. The maximum absolute atomic E-state index is 12.9. The van der Waals surface area contributed by atoms with Crippen molar-refractivity contribution in [1.82, 2.24) is 10.9 Å². The SMILES string of the molecule is COc1ccccc1NN=C(C(=O)N/N=C/c1ccc(OC)c(OC)c1)C(=O)N/N=C/c1ccc(OC)c(OC)c1. The lowest BCUT2D eigenvalue weighted by atomic mass is 10.2. The minimum absolute atomic E-state index is 0.427. The van der Waals surface area contributed by atoms with E-state index in [1.807, 2.05) is 0 Å². The molecule has 0 bridgehead atoms. The van der Waals surface area contributed by atoms with Crippen molar-refractivity contribution < 1.29 is 33.3 Å². The fourth-order valence-electron chi connectivity index (χ4n) is 3.36. The number of benzene rings is 3. The molecule has 0 saturated heterocycles. The van der Waals surface area contributed by atoms with Gasteiger partial charge in [-0.2, -0.15) is 15.3 Å². The maximum Gasteiger partial charge on any atom is 0.297 e. The molecule has 0 radical (unpaired) electrons. The van der Waals surface area contributed by atoms with E-state index in [1.165, 1.54) is 48.0 Å². The molecule has 0 spiro atoms. The Kier molecular flexibility index (Phi) is 11.0. The molecule has 3 rings (SSSR count). The van der Waals surface area contributed by atoms with E-state index < -0.39 is 17.5 Å². The third-order valence-electron chi connectivity index (χ3n) is 5.40. The minimum Gasteiger partial charge on any atom is -0.495 e. The highest BCUT2D eigenvalue weighted by Gasteiger charge is 2.21. The van der Waals surface area contributed by atoms with Crippen molar-refractivity contribution in [3.05, 3.63) is 71.8 Å². The molecular formula is C28H30N6O7. The van der Waals surface area contributed by atoms with Gasteiger partial charge < -0.3 is 23.7 Å². The van der Waals surface area contributed by atoms with Gasteiger partial charge in [-0.15, -0.1) is 0 Å². The predicted molar refractivity (Wildman–Crippen MR) is 155 cm³/mol. The van der Waals surface area contributed by atoms with Gasteiger partial charge in [0.1, 0.15) is 5.75 Å². The van der Waals surface area contributed by atoms with Crippen molar-refractivity contribution in [3.8, 4) is 28.7 Å². The summed E-state index contributed by atoms with van der Waals surface area (Å²) < 4.78 is 26.2. The van der Waals surface area contributed by atoms with Crippen LogP contribution >= 0.6 is 0 Å². The number of ether oxygens (including phenoxy) is 5. The average Bonchev–Trinajstić information content (AvgIpc) is 3.01. The molecule has 0 aliphatic heterocycles. The van der Waals surface area contributed by atoms with Gasteiger partial charge in [-0.25, -0.2) is 10.9 Å². The summed E-state index contributed by atoms with van der Waals surface area (Å²) in [4.78, 5) is 25.9. The first-order valence-corrected chi connectivity index (χ1v) is 12.0. The number of para-hydroxylation sites is 2. The van der Waals surface area contributed by atoms with Crippen LogP contribution in [0.2, 0.25) is 0 Å². The number of hydrogen-bond donors (Lipinski definition) is 3. The van der Waals surface area contributed by atoms with Crippen LogP contribution in [0.15, 0.2) is 76.0 Å². The van der Waals surface area contributed by atoms with Gasteiger partial charge in [0.2, 0.25) is 5.71 Å². The number of carbonyl (C=O) groups excluding carboxylic acids is 2. The predicted octanol–water partition coefficient (Wildman–Crippen LogP) is 2.80. The Labute approximate surface area is 236 Å². The highest BCUT2D eigenvalue weighted by atomic mass is 16.5. The highest BCUT2D eigenvalue weighted by Crippen LogP contribution is 2.28. The summed E-state index contributed by atoms with van der Waals surface area (Å²) in [6.07, 6.45) is 2.75. The zero-order valence-electron chi connectivity index (χ0n) is 23.1. The average molecular weight is 563 g/mol. The van der Waals surface area contributed by atoms with Crippen LogP contribution in [0, 0.1) is 0 Å². The monoisotopic (exact) mass is 562 g/mol. The number of amides is 2. The first kappa shape index (κ1) is 30.0. The molecule has 0 heterocycles. The number of nitrogens with zero attached hydrogens (tertiary/aromatic N) is 3. The maximum atomic E-state index is 12.9. The van der Waals surface area contributed by atoms with E-state index in [0.29, 0.717) is 45.6 Å². The van der Waals surface area contributed by atoms with Crippen LogP contribution < -0.4 is 40.0 Å². The summed E-state index contributed by atoms with van der Waals surface area (Å²) in [6, 6.07) is 17.0. The number of anilines is 1. The van der Waals surface area contributed by atoms with Gasteiger partial charge in [0.05, 0.1) is 53.7 Å². The van der Waals surface area contributed by atoms with Crippen LogP contribution in [0.3, 0.4) is 0 Å². The molecule has 214 valence electrons. The van der Waals surface area contributed by atoms with Crippen LogP contribution in [-0.2, 0) is 9.59 Å². The molecule has 2 amide bonds. The fraction of sp³-hybridized carbons (Fsp3) is 0.179. The Hall–Kier alpha value is -5.59. The lowest BCUT2D eigenvalue weighted by molar-refractivity contribution is -0.118. The smallest absolute Gasteiger partial charge is 0.297 e. The van der Waals surface area contributed by atoms with Crippen LogP contribution in [-0.4, -0.2) is 65.5 Å². The van der Waals surface area contributed by atoms with Gasteiger partial charge in [0, 0.05) is 0 Å². The summed E-state index contributed by atoms with van der Waals surface area (Å²) in [5.41, 5.74) is 8.35. The van der Waals surface area contributed by atoms with Crippen molar-refractivity contribution in [3.63, 3.8) is 0 Å². The van der Waals surface area contributed by atoms with Crippen LogP contribution in [0.1, 0.15) is 11.1 Å². The molecule has 0 aliphatic carbocycles. The zero-order valence-corrected chi connectivity index (χ0v) is 23.1. The molecule has 3 aromatic rings. The molecule has 0 saturated carbocycles.